The van der Waals surface area contributed by atoms with Gasteiger partial charge in [-0.3, -0.25) is 0 Å². The van der Waals surface area contributed by atoms with Crippen LogP contribution in [0.5, 0.6) is 5.75 Å². The lowest BCUT2D eigenvalue weighted by molar-refractivity contribution is 0.288. The fourth-order valence-corrected chi connectivity index (χ4v) is 3.62. The van der Waals surface area contributed by atoms with E-state index in [4.69, 9.17) is 16.3 Å². The Bertz CT molecular complexity index is 612. The first-order valence-corrected chi connectivity index (χ1v) is 8.48. The summed E-state index contributed by atoms with van der Waals surface area (Å²) in [5.41, 5.74) is 3.61. The van der Waals surface area contributed by atoms with Crippen molar-refractivity contribution in [2.24, 2.45) is 0 Å². The molecule has 1 heterocycles. The minimum Gasteiger partial charge on any atom is -0.493 e. The van der Waals surface area contributed by atoms with Gasteiger partial charge in [0.15, 0.2) is 0 Å². The number of aryl methyl sites for hydroxylation is 1. The van der Waals surface area contributed by atoms with Crippen LogP contribution in [0.4, 0.5) is 0 Å². The minimum absolute atomic E-state index is 0.106. The highest BCUT2D eigenvalue weighted by atomic mass is 35.5. The molecule has 104 valence electrons. The van der Waals surface area contributed by atoms with E-state index >= 15 is 0 Å². The standard InChI is InChI=1S/C17H17ClOS/c1-20-16-7-3-2-6-14(16)17(18)13-8-9-15-12(11-13)5-4-10-19-15/h2-3,6-9,11,17H,4-5,10H2,1H3. The minimum atomic E-state index is -0.106. The van der Waals surface area contributed by atoms with Crippen molar-refractivity contribution in [3.63, 3.8) is 0 Å². The molecule has 0 saturated heterocycles. The Balaban J connectivity index is 1.96. The van der Waals surface area contributed by atoms with Gasteiger partial charge in [-0.05, 0) is 47.9 Å². The van der Waals surface area contributed by atoms with E-state index in [0.717, 1.165) is 30.8 Å². The SMILES string of the molecule is CSc1ccccc1C(Cl)c1ccc2c(c1)CCCO2. The van der Waals surface area contributed by atoms with Crippen LogP contribution in [-0.4, -0.2) is 12.9 Å². The number of hydrogen-bond acceptors (Lipinski definition) is 2. The molecule has 20 heavy (non-hydrogen) atoms. The molecule has 1 aliphatic rings. The van der Waals surface area contributed by atoms with Crippen molar-refractivity contribution in [1.82, 2.24) is 0 Å². The molecule has 0 spiro atoms. The molecule has 2 aromatic carbocycles. The monoisotopic (exact) mass is 304 g/mol. The Labute approximate surface area is 129 Å². The van der Waals surface area contributed by atoms with Crippen molar-refractivity contribution in [2.45, 2.75) is 23.1 Å². The van der Waals surface area contributed by atoms with Crippen LogP contribution in [0.15, 0.2) is 47.4 Å². The van der Waals surface area contributed by atoms with Gasteiger partial charge in [0.2, 0.25) is 0 Å². The molecule has 2 aromatic rings. The third-order valence-electron chi connectivity index (χ3n) is 3.64. The van der Waals surface area contributed by atoms with E-state index in [-0.39, 0.29) is 5.38 Å². The van der Waals surface area contributed by atoms with Crippen LogP contribution in [0.2, 0.25) is 0 Å². The van der Waals surface area contributed by atoms with Crippen LogP contribution in [0.3, 0.4) is 0 Å². The second-order valence-corrected chi connectivity index (χ2v) is 6.21. The number of alkyl halides is 1. The van der Waals surface area contributed by atoms with Crippen LogP contribution in [0, 0.1) is 0 Å². The number of rotatable bonds is 3. The summed E-state index contributed by atoms with van der Waals surface area (Å²) in [6, 6.07) is 14.7. The first kappa shape index (κ1) is 13.8. The molecular weight excluding hydrogens is 288 g/mol. The van der Waals surface area contributed by atoms with Gasteiger partial charge < -0.3 is 4.74 Å². The van der Waals surface area contributed by atoms with E-state index in [9.17, 15) is 0 Å². The maximum atomic E-state index is 6.70. The van der Waals surface area contributed by atoms with Gasteiger partial charge in [0.05, 0.1) is 12.0 Å². The summed E-state index contributed by atoms with van der Waals surface area (Å²) in [4.78, 5) is 1.24. The average Bonchev–Trinajstić information content (AvgIpc) is 2.53. The molecule has 0 fully saturated rings. The van der Waals surface area contributed by atoms with Crippen LogP contribution in [0.25, 0.3) is 0 Å². The van der Waals surface area contributed by atoms with Gasteiger partial charge in [-0.2, -0.15) is 0 Å². The predicted octanol–water partition coefficient (Wildman–Crippen LogP) is 5.06. The molecule has 0 bridgehead atoms. The van der Waals surface area contributed by atoms with Crippen molar-refractivity contribution >= 4 is 23.4 Å². The highest BCUT2D eigenvalue weighted by molar-refractivity contribution is 7.98. The zero-order valence-electron chi connectivity index (χ0n) is 11.4. The number of halogens is 1. The van der Waals surface area contributed by atoms with Gasteiger partial charge in [-0.1, -0.05) is 30.3 Å². The smallest absolute Gasteiger partial charge is 0.122 e. The Kier molecular flexibility index (Phi) is 4.23. The van der Waals surface area contributed by atoms with Gasteiger partial charge in [-0.15, -0.1) is 23.4 Å². The predicted molar refractivity (Wildman–Crippen MR) is 86.2 cm³/mol. The topological polar surface area (TPSA) is 9.23 Å². The summed E-state index contributed by atoms with van der Waals surface area (Å²) in [6.45, 7) is 0.825. The average molecular weight is 305 g/mol. The van der Waals surface area contributed by atoms with Crippen molar-refractivity contribution in [3.8, 4) is 5.75 Å². The van der Waals surface area contributed by atoms with Gasteiger partial charge in [0.1, 0.15) is 5.75 Å². The summed E-state index contributed by atoms with van der Waals surface area (Å²) in [5.74, 6) is 1.02. The van der Waals surface area contributed by atoms with Crippen molar-refractivity contribution in [1.29, 1.82) is 0 Å². The molecule has 1 aliphatic heterocycles. The molecular formula is C17H17ClOS. The summed E-state index contributed by atoms with van der Waals surface area (Å²) in [6.07, 6.45) is 4.25. The summed E-state index contributed by atoms with van der Waals surface area (Å²) in [5, 5.41) is -0.106. The number of hydrogen-bond donors (Lipinski definition) is 0. The van der Waals surface area contributed by atoms with E-state index in [0.29, 0.717) is 0 Å². The number of benzene rings is 2. The van der Waals surface area contributed by atoms with Crippen LogP contribution >= 0.6 is 23.4 Å². The molecule has 0 aliphatic carbocycles. The Morgan fingerprint density at radius 2 is 2.05 bits per heavy atom. The number of ether oxygens (including phenoxy) is 1. The maximum Gasteiger partial charge on any atom is 0.122 e. The molecule has 1 atom stereocenters. The largest absolute Gasteiger partial charge is 0.493 e. The number of thioether (sulfide) groups is 1. The second kappa shape index (κ2) is 6.11. The van der Waals surface area contributed by atoms with Crippen LogP contribution in [-0.2, 0) is 6.42 Å². The molecule has 0 saturated carbocycles. The highest BCUT2D eigenvalue weighted by Crippen LogP contribution is 2.37. The molecule has 1 nitrogen and oxygen atoms in total. The van der Waals surface area contributed by atoms with Gasteiger partial charge in [0, 0.05) is 4.90 Å². The lowest BCUT2D eigenvalue weighted by Crippen LogP contribution is -2.09. The normalized spacial score (nSPS) is 15.3. The summed E-state index contributed by atoms with van der Waals surface area (Å²) < 4.78 is 5.66. The molecule has 3 rings (SSSR count). The quantitative estimate of drug-likeness (QED) is 0.579. The van der Waals surface area contributed by atoms with Gasteiger partial charge in [-0.25, -0.2) is 0 Å². The molecule has 1 unspecified atom stereocenters. The van der Waals surface area contributed by atoms with Crippen molar-refractivity contribution in [3.05, 3.63) is 59.2 Å². The third kappa shape index (κ3) is 2.68. The van der Waals surface area contributed by atoms with E-state index in [1.54, 1.807) is 11.8 Å². The van der Waals surface area contributed by atoms with Crippen molar-refractivity contribution < 1.29 is 4.74 Å². The summed E-state index contributed by atoms with van der Waals surface area (Å²) in [7, 11) is 0. The second-order valence-electron chi connectivity index (χ2n) is 4.92. The molecule has 0 amide bonds. The van der Waals surface area contributed by atoms with Gasteiger partial charge in [0.25, 0.3) is 0 Å². The maximum absolute atomic E-state index is 6.70. The fourth-order valence-electron chi connectivity index (χ4n) is 2.59. The lowest BCUT2D eigenvalue weighted by Gasteiger charge is -2.20. The fraction of sp³-hybridized carbons (Fsp3) is 0.294. The molecule has 0 aromatic heterocycles. The van der Waals surface area contributed by atoms with E-state index < -0.39 is 0 Å². The zero-order chi connectivity index (χ0) is 13.9. The van der Waals surface area contributed by atoms with Gasteiger partial charge >= 0.3 is 0 Å². The van der Waals surface area contributed by atoms with Crippen molar-refractivity contribution in [2.75, 3.05) is 12.9 Å². The molecule has 0 radical (unpaired) electrons. The first-order valence-electron chi connectivity index (χ1n) is 6.82. The van der Waals surface area contributed by atoms with E-state index in [1.807, 2.05) is 6.07 Å². The van der Waals surface area contributed by atoms with Crippen LogP contribution in [0.1, 0.15) is 28.5 Å². The Morgan fingerprint density at radius 3 is 2.90 bits per heavy atom. The van der Waals surface area contributed by atoms with E-state index in [1.165, 1.54) is 16.0 Å². The molecule has 0 N–H and O–H groups in total. The first-order chi connectivity index (χ1) is 9.79. The molecule has 3 heteroatoms. The zero-order valence-corrected chi connectivity index (χ0v) is 13.0. The Morgan fingerprint density at radius 1 is 1.20 bits per heavy atom. The lowest BCUT2D eigenvalue weighted by atomic mass is 9.98. The van der Waals surface area contributed by atoms with E-state index in [2.05, 4.69) is 42.7 Å². The number of fused-ring (bicyclic) bond motifs is 1. The summed E-state index contributed by atoms with van der Waals surface area (Å²) >= 11 is 8.44. The highest BCUT2D eigenvalue weighted by Gasteiger charge is 2.17. The third-order valence-corrected chi connectivity index (χ3v) is 4.94. The Hall–Kier alpha value is -1.12. The van der Waals surface area contributed by atoms with Crippen LogP contribution < -0.4 is 4.74 Å².